The number of rotatable bonds is 6. The van der Waals surface area contributed by atoms with E-state index in [9.17, 15) is 18.0 Å². The van der Waals surface area contributed by atoms with Gasteiger partial charge in [-0.2, -0.15) is 24.9 Å². The zero-order valence-electron chi connectivity index (χ0n) is 10.9. The number of alkyl halides is 3. The van der Waals surface area contributed by atoms with Crippen LogP contribution in [-0.2, 0) is 21.5 Å². The van der Waals surface area contributed by atoms with Gasteiger partial charge in [0.2, 0.25) is 0 Å². The van der Waals surface area contributed by atoms with Crippen LogP contribution in [0.25, 0.3) is 0 Å². The molecule has 0 saturated heterocycles. The highest BCUT2D eigenvalue weighted by molar-refractivity contribution is 7.98. The maximum atomic E-state index is 12.4. The molecule has 20 heavy (non-hydrogen) atoms. The minimum absolute atomic E-state index is 0.274. The summed E-state index contributed by atoms with van der Waals surface area (Å²) in [6.07, 6.45) is -4.32. The van der Waals surface area contributed by atoms with E-state index in [0.29, 0.717) is 11.5 Å². The molecule has 0 aliphatic rings. The molecule has 0 bridgehead atoms. The Hall–Kier alpha value is -1.21. The SMILES string of the molecule is CCOC(=O)C(N)CSCc1ccc(C(F)(F)F)cc1. The number of carbonyl (C=O) groups is 1. The van der Waals surface area contributed by atoms with Crippen molar-refractivity contribution >= 4 is 17.7 Å². The number of benzene rings is 1. The Morgan fingerprint density at radius 3 is 2.45 bits per heavy atom. The molecule has 7 heteroatoms. The molecule has 1 aromatic rings. The number of hydrogen-bond acceptors (Lipinski definition) is 4. The number of thioether (sulfide) groups is 1. The monoisotopic (exact) mass is 307 g/mol. The van der Waals surface area contributed by atoms with E-state index in [-0.39, 0.29) is 6.61 Å². The third-order valence-electron chi connectivity index (χ3n) is 2.44. The first-order valence-electron chi connectivity index (χ1n) is 6.00. The Morgan fingerprint density at radius 2 is 1.95 bits per heavy atom. The topological polar surface area (TPSA) is 52.3 Å². The van der Waals surface area contributed by atoms with Gasteiger partial charge in [0.15, 0.2) is 0 Å². The van der Waals surface area contributed by atoms with E-state index in [1.807, 2.05) is 0 Å². The van der Waals surface area contributed by atoms with Crippen LogP contribution >= 0.6 is 11.8 Å². The summed E-state index contributed by atoms with van der Waals surface area (Å²) in [7, 11) is 0. The number of carbonyl (C=O) groups excluding carboxylic acids is 1. The number of nitrogens with two attached hydrogens (primary N) is 1. The molecule has 0 aliphatic carbocycles. The van der Waals surface area contributed by atoms with Crippen molar-refractivity contribution in [2.45, 2.75) is 24.9 Å². The Morgan fingerprint density at radius 1 is 1.35 bits per heavy atom. The fraction of sp³-hybridized carbons (Fsp3) is 0.462. The van der Waals surface area contributed by atoms with Gasteiger partial charge in [0, 0.05) is 11.5 Å². The van der Waals surface area contributed by atoms with E-state index in [4.69, 9.17) is 10.5 Å². The van der Waals surface area contributed by atoms with Crippen LogP contribution < -0.4 is 5.73 Å². The van der Waals surface area contributed by atoms with Crippen molar-refractivity contribution in [1.29, 1.82) is 0 Å². The van der Waals surface area contributed by atoms with Crippen LogP contribution in [0.2, 0.25) is 0 Å². The summed E-state index contributed by atoms with van der Waals surface area (Å²) in [6.45, 7) is 1.97. The van der Waals surface area contributed by atoms with E-state index in [1.54, 1.807) is 6.92 Å². The quantitative estimate of drug-likeness (QED) is 0.821. The molecule has 112 valence electrons. The fourth-order valence-electron chi connectivity index (χ4n) is 1.41. The van der Waals surface area contributed by atoms with Crippen LogP contribution in [-0.4, -0.2) is 24.4 Å². The fourth-order valence-corrected chi connectivity index (χ4v) is 2.35. The predicted molar refractivity (Wildman–Crippen MR) is 72.2 cm³/mol. The van der Waals surface area contributed by atoms with Crippen molar-refractivity contribution in [2.24, 2.45) is 5.73 Å². The Kier molecular flexibility index (Phi) is 6.35. The molecule has 0 saturated carbocycles. The maximum Gasteiger partial charge on any atom is 0.416 e. The van der Waals surface area contributed by atoms with Gasteiger partial charge in [-0.05, 0) is 24.6 Å². The van der Waals surface area contributed by atoms with Crippen LogP contribution in [0.5, 0.6) is 0 Å². The van der Waals surface area contributed by atoms with Gasteiger partial charge in [0.25, 0.3) is 0 Å². The summed E-state index contributed by atoms with van der Waals surface area (Å²) < 4.78 is 41.9. The normalized spacial score (nSPS) is 13.1. The van der Waals surface area contributed by atoms with E-state index in [0.717, 1.165) is 17.7 Å². The molecule has 0 aromatic heterocycles. The minimum Gasteiger partial charge on any atom is -0.465 e. The van der Waals surface area contributed by atoms with Crippen molar-refractivity contribution in [3.05, 3.63) is 35.4 Å². The maximum absolute atomic E-state index is 12.4. The van der Waals surface area contributed by atoms with Gasteiger partial charge in [0.05, 0.1) is 12.2 Å². The molecule has 0 amide bonds. The van der Waals surface area contributed by atoms with E-state index in [1.165, 1.54) is 23.9 Å². The average molecular weight is 307 g/mol. The molecular weight excluding hydrogens is 291 g/mol. The highest BCUT2D eigenvalue weighted by atomic mass is 32.2. The zero-order chi connectivity index (χ0) is 15.2. The van der Waals surface area contributed by atoms with Crippen LogP contribution in [0.1, 0.15) is 18.1 Å². The number of ether oxygens (including phenoxy) is 1. The number of esters is 1. The summed E-state index contributed by atoms with van der Waals surface area (Å²) in [4.78, 5) is 11.3. The molecule has 3 nitrogen and oxygen atoms in total. The largest absolute Gasteiger partial charge is 0.465 e. The van der Waals surface area contributed by atoms with Crippen molar-refractivity contribution in [2.75, 3.05) is 12.4 Å². The summed E-state index contributed by atoms with van der Waals surface area (Å²) in [5, 5.41) is 0. The Labute approximate surface area is 119 Å². The summed E-state index contributed by atoms with van der Waals surface area (Å²) in [5.74, 6) is 0.387. The van der Waals surface area contributed by atoms with Crippen molar-refractivity contribution in [1.82, 2.24) is 0 Å². The van der Waals surface area contributed by atoms with Crippen LogP contribution in [0.3, 0.4) is 0 Å². The van der Waals surface area contributed by atoms with E-state index in [2.05, 4.69) is 0 Å². The standard InChI is InChI=1S/C13H16F3NO2S/c1-2-19-12(18)11(17)8-20-7-9-3-5-10(6-4-9)13(14,15)16/h3-6,11H,2,7-8,17H2,1H3. The average Bonchev–Trinajstić information content (AvgIpc) is 2.38. The van der Waals surface area contributed by atoms with Gasteiger partial charge < -0.3 is 10.5 Å². The lowest BCUT2D eigenvalue weighted by Crippen LogP contribution is -2.34. The molecule has 0 spiro atoms. The van der Waals surface area contributed by atoms with Crippen LogP contribution in [0, 0.1) is 0 Å². The van der Waals surface area contributed by atoms with Gasteiger partial charge >= 0.3 is 12.1 Å². The summed E-state index contributed by atoms with van der Waals surface area (Å²) in [6, 6.07) is 4.22. The third-order valence-corrected chi connectivity index (χ3v) is 3.57. The van der Waals surface area contributed by atoms with Gasteiger partial charge in [-0.1, -0.05) is 12.1 Å². The number of halogens is 3. The second-order valence-electron chi connectivity index (χ2n) is 4.07. The summed E-state index contributed by atoms with van der Waals surface area (Å²) >= 11 is 1.37. The first-order chi connectivity index (χ1) is 9.34. The predicted octanol–water partition coefficient (Wildman–Crippen LogP) is 2.83. The Bertz CT molecular complexity index is 434. The molecule has 0 fully saturated rings. The smallest absolute Gasteiger partial charge is 0.416 e. The third kappa shape index (κ3) is 5.42. The molecule has 2 N–H and O–H groups in total. The van der Waals surface area contributed by atoms with Crippen LogP contribution in [0.15, 0.2) is 24.3 Å². The molecule has 0 heterocycles. The van der Waals surface area contributed by atoms with Crippen LogP contribution in [0.4, 0.5) is 13.2 Å². The highest BCUT2D eigenvalue weighted by Crippen LogP contribution is 2.29. The lowest BCUT2D eigenvalue weighted by atomic mass is 10.1. The second kappa shape index (κ2) is 7.54. The lowest BCUT2D eigenvalue weighted by molar-refractivity contribution is -0.144. The van der Waals surface area contributed by atoms with E-state index < -0.39 is 23.8 Å². The van der Waals surface area contributed by atoms with Gasteiger partial charge in [-0.15, -0.1) is 0 Å². The van der Waals surface area contributed by atoms with Gasteiger partial charge in [-0.3, -0.25) is 4.79 Å². The van der Waals surface area contributed by atoms with Gasteiger partial charge in [-0.25, -0.2) is 0 Å². The first kappa shape index (κ1) is 16.8. The highest BCUT2D eigenvalue weighted by Gasteiger charge is 2.29. The molecule has 1 aromatic carbocycles. The molecule has 1 atom stereocenters. The van der Waals surface area contributed by atoms with Gasteiger partial charge in [0.1, 0.15) is 6.04 Å². The van der Waals surface area contributed by atoms with Crippen molar-refractivity contribution in [3.63, 3.8) is 0 Å². The Balaban J connectivity index is 2.41. The minimum atomic E-state index is -4.32. The zero-order valence-corrected chi connectivity index (χ0v) is 11.8. The molecule has 1 unspecified atom stereocenters. The molecule has 1 rings (SSSR count). The van der Waals surface area contributed by atoms with E-state index >= 15 is 0 Å². The molecule has 0 radical (unpaired) electrons. The number of hydrogen-bond donors (Lipinski definition) is 1. The second-order valence-corrected chi connectivity index (χ2v) is 5.10. The molecule has 0 aliphatic heterocycles. The summed E-state index contributed by atoms with van der Waals surface area (Å²) in [5.41, 5.74) is 5.68. The lowest BCUT2D eigenvalue weighted by Gasteiger charge is -2.10. The van der Waals surface area contributed by atoms with Crippen molar-refractivity contribution < 1.29 is 22.7 Å². The molecular formula is C13H16F3NO2S. The van der Waals surface area contributed by atoms with Crippen molar-refractivity contribution in [3.8, 4) is 0 Å². The first-order valence-corrected chi connectivity index (χ1v) is 7.16.